The van der Waals surface area contributed by atoms with Crippen LogP contribution in [0.1, 0.15) is 62.3 Å². The molecule has 1 unspecified atom stereocenters. The maximum absolute atomic E-state index is 14.2. The van der Waals surface area contributed by atoms with E-state index >= 15 is 0 Å². The summed E-state index contributed by atoms with van der Waals surface area (Å²) >= 11 is 12.2. The molecular weight excluding hydrogens is 797 g/mol. The van der Waals surface area contributed by atoms with Crippen molar-refractivity contribution in [3.8, 4) is 34.4 Å². The van der Waals surface area contributed by atoms with Crippen LogP contribution in [0, 0.1) is 11.3 Å². The number of carbonyl (C=O) groups excluding carboxylic acids is 1. The Hall–Kier alpha value is -6.31. The van der Waals surface area contributed by atoms with Crippen molar-refractivity contribution in [2.45, 2.75) is 57.6 Å². The average Bonchev–Trinajstić information content (AvgIpc) is 3.26. The Labute approximate surface area is 358 Å². The number of carboxylic acids is 1. The van der Waals surface area contributed by atoms with Crippen LogP contribution in [0.5, 0.6) is 17.2 Å². The van der Waals surface area contributed by atoms with E-state index in [9.17, 15) is 14.7 Å². The smallest absolute Gasteiger partial charge is 0.336 e. The Bertz CT molecular complexity index is 2570. The average molecular weight is 839 g/mol. The van der Waals surface area contributed by atoms with Gasteiger partial charge in [0.05, 0.1) is 33.3 Å². The minimum Gasteiger partial charge on any atom is -0.489 e. The molecule has 302 valence electrons. The van der Waals surface area contributed by atoms with E-state index in [0.717, 1.165) is 38.9 Å². The molecule has 0 aliphatic carbocycles. The Morgan fingerprint density at radius 3 is 2.28 bits per heavy atom. The fraction of sp³-hybridized carbons (Fsp3) is 0.204. The number of halogens is 2. The molecule has 2 aliphatic heterocycles. The van der Waals surface area contributed by atoms with E-state index in [1.165, 1.54) is 0 Å². The van der Waals surface area contributed by atoms with Gasteiger partial charge in [0.2, 0.25) is 5.91 Å². The lowest BCUT2D eigenvalue weighted by atomic mass is 9.91. The zero-order valence-corrected chi connectivity index (χ0v) is 34.2. The van der Waals surface area contributed by atoms with E-state index in [4.69, 9.17) is 42.7 Å². The zero-order chi connectivity index (χ0) is 41.8. The van der Waals surface area contributed by atoms with Crippen LogP contribution in [-0.2, 0) is 37.3 Å². The molecule has 0 spiro atoms. The number of rotatable bonds is 12. The number of benzene rings is 6. The number of carboxylic acid groups (broad SMARTS) is 1. The molecule has 9 nitrogen and oxygen atoms in total. The fourth-order valence-corrected chi connectivity index (χ4v) is 8.09. The number of carbonyl (C=O) groups is 2. The molecule has 2 aliphatic rings. The van der Waals surface area contributed by atoms with Gasteiger partial charge < -0.3 is 24.6 Å². The first-order chi connectivity index (χ1) is 29.1. The molecule has 60 heavy (non-hydrogen) atoms. The monoisotopic (exact) mass is 837 g/mol. The summed E-state index contributed by atoms with van der Waals surface area (Å²) in [6.07, 6.45) is 0.680. The van der Waals surface area contributed by atoms with E-state index in [0.29, 0.717) is 71.0 Å². The predicted octanol–water partition coefficient (Wildman–Crippen LogP) is 10.00. The number of fused-ring (bicyclic) bond motifs is 2. The first kappa shape index (κ1) is 40.5. The number of hydrogen-bond donors (Lipinski definition) is 2. The second-order valence-corrected chi connectivity index (χ2v) is 16.0. The molecule has 2 heterocycles. The van der Waals surface area contributed by atoms with Crippen molar-refractivity contribution in [3.63, 3.8) is 0 Å². The number of nitrogens with zero attached hydrogens (tertiary/aromatic N) is 2. The number of aromatic carboxylic acids is 1. The van der Waals surface area contributed by atoms with Crippen molar-refractivity contribution in [2.75, 3.05) is 6.61 Å². The van der Waals surface area contributed by atoms with Crippen molar-refractivity contribution in [3.05, 3.63) is 182 Å². The molecule has 0 aromatic heterocycles. The van der Waals surface area contributed by atoms with Crippen LogP contribution in [0.15, 0.2) is 127 Å². The first-order valence-corrected chi connectivity index (χ1v) is 20.4. The summed E-state index contributed by atoms with van der Waals surface area (Å²) < 4.78 is 18.8. The highest BCUT2D eigenvalue weighted by molar-refractivity contribution is 6.42. The summed E-state index contributed by atoms with van der Waals surface area (Å²) in [6.45, 7) is 3.31. The highest BCUT2D eigenvalue weighted by Gasteiger charge is 2.35. The van der Waals surface area contributed by atoms with Crippen molar-refractivity contribution in [1.29, 1.82) is 5.26 Å². The van der Waals surface area contributed by atoms with Gasteiger partial charge in [-0.1, -0.05) is 96.0 Å². The lowest BCUT2D eigenvalue weighted by Crippen LogP contribution is -2.52. The van der Waals surface area contributed by atoms with Gasteiger partial charge in [-0.05, 0) is 119 Å². The molecule has 6 aromatic rings. The SMILES string of the molecule is C[C@H](Cc1ccc(-c2ccc(C#N)cc2)cc1)NC(=O)[C@@H]1Cc2cc3c(cc2CN1Cc1ccccc1C(=O)O)OC(c1ccc(OCc2ccc(Cl)c(Cl)c2)cc1)CO3. The van der Waals surface area contributed by atoms with Gasteiger partial charge in [-0.3, -0.25) is 9.69 Å². The van der Waals surface area contributed by atoms with Gasteiger partial charge in [0.15, 0.2) is 17.6 Å². The molecule has 11 heteroatoms. The summed E-state index contributed by atoms with van der Waals surface area (Å²) in [7, 11) is 0. The van der Waals surface area contributed by atoms with E-state index < -0.39 is 12.0 Å². The highest BCUT2D eigenvalue weighted by Crippen LogP contribution is 2.41. The number of hydrogen-bond acceptors (Lipinski definition) is 7. The van der Waals surface area contributed by atoms with Crippen LogP contribution < -0.4 is 19.5 Å². The Kier molecular flexibility index (Phi) is 12.1. The molecule has 1 amide bonds. The van der Waals surface area contributed by atoms with Crippen LogP contribution in [0.3, 0.4) is 0 Å². The summed E-state index contributed by atoms with van der Waals surface area (Å²) in [5, 5.41) is 23.3. The quantitative estimate of drug-likeness (QED) is 0.125. The largest absolute Gasteiger partial charge is 0.489 e. The number of nitrogens with one attached hydrogen (secondary N) is 1. The highest BCUT2D eigenvalue weighted by atomic mass is 35.5. The molecule has 0 saturated heterocycles. The van der Waals surface area contributed by atoms with Crippen LogP contribution in [-0.4, -0.2) is 40.6 Å². The summed E-state index contributed by atoms with van der Waals surface area (Å²) in [5.74, 6) is 0.781. The van der Waals surface area contributed by atoms with Gasteiger partial charge in [0, 0.05) is 19.1 Å². The second kappa shape index (κ2) is 17.9. The molecule has 0 saturated carbocycles. The van der Waals surface area contributed by atoms with Gasteiger partial charge in [-0.15, -0.1) is 0 Å². The molecule has 8 rings (SSSR count). The number of amides is 1. The maximum atomic E-state index is 14.2. The van der Waals surface area contributed by atoms with Gasteiger partial charge in [-0.2, -0.15) is 5.26 Å². The zero-order valence-electron chi connectivity index (χ0n) is 32.7. The van der Waals surface area contributed by atoms with E-state index in [-0.39, 0.29) is 30.2 Å². The first-order valence-electron chi connectivity index (χ1n) is 19.7. The Balaban J connectivity index is 0.962. The molecular formula is C49H41Cl2N3O6. The topological polar surface area (TPSA) is 121 Å². The van der Waals surface area contributed by atoms with Crippen LogP contribution in [0.25, 0.3) is 11.1 Å². The second-order valence-electron chi connectivity index (χ2n) is 15.2. The summed E-state index contributed by atoms with van der Waals surface area (Å²) in [4.78, 5) is 28.5. The maximum Gasteiger partial charge on any atom is 0.336 e. The molecule has 0 bridgehead atoms. The number of ether oxygens (including phenoxy) is 3. The lowest BCUT2D eigenvalue weighted by Gasteiger charge is -2.38. The third-order valence-electron chi connectivity index (χ3n) is 10.9. The van der Waals surface area contributed by atoms with Gasteiger partial charge in [0.1, 0.15) is 19.0 Å². The van der Waals surface area contributed by atoms with Gasteiger partial charge in [0.25, 0.3) is 0 Å². The van der Waals surface area contributed by atoms with Gasteiger partial charge >= 0.3 is 5.97 Å². The van der Waals surface area contributed by atoms with E-state index in [1.54, 1.807) is 42.5 Å². The minimum atomic E-state index is -1.01. The van der Waals surface area contributed by atoms with Crippen molar-refractivity contribution in [2.24, 2.45) is 0 Å². The summed E-state index contributed by atoms with van der Waals surface area (Å²) in [6, 6.07) is 41.1. The number of nitriles is 1. The predicted molar refractivity (Wildman–Crippen MR) is 231 cm³/mol. The van der Waals surface area contributed by atoms with E-state index in [1.807, 2.05) is 84.6 Å². The standard InChI is InChI=1S/C49H41Cl2N3O6/c1-30(20-31-6-11-34(12-7-31)35-13-8-32(25-52)9-14-35)53-48(55)44-22-38-23-45-46(24-39(38)27-54(44)26-37-4-2-3-5-41(37)49(56)57)60-47(29-59-45)36-15-17-40(18-16-36)58-28-33-10-19-42(50)43(51)21-33/h2-19,21,23-24,30,44,47H,20,22,26-29H2,1H3,(H,53,55)(H,56,57)/t30-,44+,47?/m1/s1. The molecule has 2 N–H and O–H groups in total. The minimum absolute atomic E-state index is 0.130. The van der Waals surface area contributed by atoms with Crippen LogP contribution in [0.4, 0.5) is 0 Å². The fourth-order valence-electron chi connectivity index (χ4n) is 7.77. The lowest BCUT2D eigenvalue weighted by molar-refractivity contribution is -0.128. The Morgan fingerprint density at radius 2 is 1.57 bits per heavy atom. The third-order valence-corrected chi connectivity index (χ3v) is 11.7. The molecule has 0 radical (unpaired) electrons. The van der Waals surface area contributed by atoms with Crippen LogP contribution in [0.2, 0.25) is 10.0 Å². The Morgan fingerprint density at radius 1 is 0.867 bits per heavy atom. The van der Waals surface area contributed by atoms with E-state index in [2.05, 4.69) is 23.5 Å². The summed E-state index contributed by atoms with van der Waals surface area (Å²) in [5.41, 5.74) is 8.39. The van der Waals surface area contributed by atoms with Crippen molar-refractivity contribution >= 4 is 35.1 Å². The van der Waals surface area contributed by atoms with Crippen LogP contribution >= 0.6 is 23.2 Å². The van der Waals surface area contributed by atoms with Crippen molar-refractivity contribution < 1.29 is 28.9 Å². The van der Waals surface area contributed by atoms with Gasteiger partial charge in [-0.25, -0.2) is 4.79 Å². The molecule has 6 aromatic carbocycles. The normalized spacial score (nSPS) is 16.2. The third kappa shape index (κ3) is 9.27. The van der Waals surface area contributed by atoms with Crippen molar-refractivity contribution in [1.82, 2.24) is 10.2 Å². The molecule has 3 atom stereocenters. The molecule has 0 fully saturated rings.